The SMILES string of the molecule is CC(C)(C)C1CCc2cc(CN)ccc21. The molecule has 1 aliphatic rings. The number of nitrogens with two attached hydrogens (primary N) is 1. The van der Waals surface area contributed by atoms with Gasteiger partial charge in [0.1, 0.15) is 0 Å². The van der Waals surface area contributed by atoms with E-state index < -0.39 is 0 Å². The molecule has 0 fully saturated rings. The van der Waals surface area contributed by atoms with Crippen molar-refractivity contribution in [2.45, 2.75) is 46.1 Å². The molecule has 1 nitrogen and oxygen atoms in total. The fourth-order valence-electron chi connectivity index (χ4n) is 2.70. The molecular formula is C14H21N. The standard InChI is InChI=1S/C14H21N/c1-14(2,3)13-7-5-11-8-10(9-15)4-6-12(11)13/h4,6,8,13H,5,7,9,15H2,1-3H3. The van der Waals surface area contributed by atoms with E-state index in [0.29, 0.717) is 12.0 Å². The van der Waals surface area contributed by atoms with Crippen LogP contribution in [-0.4, -0.2) is 0 Å². The van der Waals surface area contributed by atoms with Gasteiger partial charge in [0, 0.05) is 6.54 Å². The average Bonchev–Trinajstić information content (AvgIpc) is 2.59. The Bertz CT molecular complexity index is 360. The Morgan fingerprint density at radius 3 is 2.67 bits per heavy atom. The summed E-state index contributed by atoms with van der Waals surface area (Å²) in [7, 11) is 0. The fourth-order valence-corrected chi connectivity index (χ4v) is 2.70. The van der Waals surface area contributed by atoms with Gasteiger partial charge in [0.15, 0.2) is 0 Å². The van der Waals surface area contributed by atoms with Gasteiger partial charge in [-0.15, -0.1) is 0 Å². The van der Waals surface area contributed by atoms with E-state index in [1.807, 2.05) is 0 Å². The lowest BCUT2D eigenvalue weighted by Gasteiger charge is -2.27. The highest BCUT2D eigenvalue weighted by Gasteiger charge is 2.31. The summed E-state index contributed by atoms with van der Waals surface area (Å²) in [6.45, 7) is 7.67. The Kier molecular flexibility index (Phi) is 2.59. The Morgan fingerprint density at radius 2 is 2.07 bits per heavy atom. The number of benzene rings is 1. The first-order chi connectivity index (χ1) is 7.02. The third-order valence-electron chi connectivity index (χ3n) is 3.57. The van der Waals surface area contributed by atoms with Crippen molar-refractivity contribution in [3.63, 3.8) is 0 Å². The van der Waals surface area contributed by atoms with E-state index in [4.69, 9.17) is 5.73 Å². The smallest absolute Gasteiger partial charge is 0.0178 e. The normalized spacial score (nSPS) is 20.4. The van der Waals surface area contributed by atoms with Crippen LogP contribution in [-0.2, 0) is 13.0 Å². The van der Waals surface area contributed by atoms with Gasteiger partial charge in [-0.25, -0.2) is 0 Å². The van der Waals surface area contributed by atoms with E-state index in [2.05, 4.69) is 39.0 Å². The lowest BCUT2D eigenvalue weighted by Crippen LogP contribution is -2.15. The van der Waals surface area contributed by atoms with Gasteiger partial charge < -0.3 is 5.73 Å². The Labute approximate surface area is 92.7 Å². The lowest BCUT2D eigenvalue weighted by atomic mass is 9.77. The molecule has 0 aliphatic heterocycles. The van der Waals surface area contributed by atoms with Crippen LogP contribution >= 0.6 is 0 Å². The van der Waals surface area contributed by atoms with Gasteiger partial charge in [0.25, 0.3) is 0 Å². The first-order valence-electron chi connectivity index (χ1n) is 5.84. The molecule has 1 aliphatic carbocycles. The van der Waals surface area contributed by atoms with Crippen LogP contribution in [0.3, 0.4) is 0 Å². The molecule has 1 atom stereocenters. The summed E-state index contributed by atoms with van der Waals surface area (Å²) in [5.41, 5.74) is 10.4. The lowest BCUT2D eigenvalue weighted by molar-refractivity contribution is 0.319. The summed E-state index contributed by atoms with van der Waals surface area (Å²) in [6, 6.07) is 6.77. The third-order valence-corrected chi connectivity index (χ3v) is 3.57. The maximum atomic E-state index is 5.66. The molecule has 0 spiro atoms. The molecule has 15 heavy (non-hydrogen) atoms. The summed E-state index contributed by atoms with van der Waals surface area (Å²) >= 11 is 0. The van der Waals surface area contributed by atoms with Gasteiger partial charge in [-0.3, -0.25) is 0 Å². The van der Waals surface area contributed by atoms with Crippen LogP contribution in [0, 0.1) is 5.41 Å². The summed E-state index contributed by atoms with van der Waals surface area (Å²) < 4.78 is 0. The van der Waals surface area contributed by atoms with Gasteiger partial charge in [-0.1, -0.05) is 39.0 Å². The molecule has 0 saturated carbocycles. The second kappa shape index (κ2) is 3.64. The molecule has 0 aromatic heterocycles. The third kappa shape index (κ3) is 1.93. The molecule has 0 saturated heterocycles. The van der Waals surface area contributed by atoms with E-state index in [9.17, 15) is 0 Å². The molecule has 2 rings (SSSR count). The zero-order valence-electron chi connectivity index (χ0n) is 10.0. The minimum atomic E-state index is 0.384. The van der Waals surface area contributed by atoms with Crippen LogP contribution in [0.2, 0.25) is 0 Å². The van der Waals surface area contributed by atoms with Crippen LogP contribution in [0.15, 0.2) is 18.2 Å². The molecular weight excluding hydrogens is 182 g/mol. The molecule has 0 heterocycles. The molecule has 82 valence electrons. The van der Waals surface area contributed by atoms with E-state index in [1.54, 1.807) is 5.56 Å². The van der Waals surface area contributed by atoms with E-state index >= 15 is 0 Å². The first kappa shape index (κ1) is 10.7. The summed E-state index contributed by atoms with van der Waals surface area (Å²) in [4.78, 5) is 0. The van der Waals surface area contributed by atoms with Crippen LogP contribution < -0.4 is 5.73 Å². The van der Waals surface area contributed by atoms with Gasteiger partial charge in [0.05, 0.1) is 0 Å². The van der Waals surface area contributed by atoms with Crippen molar-refractivity contribution in [1.82, 2.24) is 0 Å². The second-order valence-electron chi connectivity index (χ2n) is 5.69. The van der Waals surface area contributed by atoms with Gasteiger partial charge >= 0.3 is 0 Å². The topological polar surface area (TPSA) is 26.0 Å². The Morgan fingerprint density at radius 1 is 1.33 bits per heavy atom. The zero-order valence-corrected chi connectivity index (χ0v) is 10.0. The molecule has 1 aromatic carbocycles. The van der Waals surface area contributed by atoms with E-state index in [-0.39, 0.29) is 0 Å². The van der Waals surface area contributed by atoms with Gasteiger partial charge in [-0.05, 0) is 40.9 Å². The summed E-state index contributed by atoms with van der Waals surface area (Å²) in [5, 5.41) is 0. The monoisotopic (exact) mass is 203 g/mol. The minimum Gasteiger partial charge on any atom is -0.326 e. The van der Waals surface area contributed by atoms with Crippen molar-refractivity contribution in [3.8, 4) is 0 Å². The largest absolute Gasteiger partial charge is 0.326 e. The van der Waals surface area contributed by atoms with Crippen LogP contribution in [0.1, 0.15) is 49.8 Å². The number of rotatable bonds is 1. The Balaban J connectivity index is 2.36. The van der Waals surface area contributed by atoms with Gasteiger partial charge in [-0.2, -0.15) is 0 Å². The highest BCUT2D eigenvalue weighted by molar-refractivity contribution is 5.39. The summed E-state index contributed by atoms with van der Waals surface area (Å²) in [5.74, 6) is 0.722. The molecule has 1 unspecified atom stereocenters. The highest BCUT2D eigenvalue weighted by atomic mass is 14.5. The molecule has 1 heteroatoms. The second-order valence-corrected chi connectivity index (χ2v) is 5.69. The number of fused-ring (bicyclic) bond motifs is 1. The maximum Gasteiger partial charge on any atom is 0.0178 e. The number of aryl methyl sites for hydroxylation is 1. The zero-order chi connectivity index (χ0) is 11.1. The first-order valence-corrected chi connectivity index (χ1v) is 5.84. The van der Waals surface area contributed by atoms with Crippen molar-refractivity contribution in [2.24, 2.45) is 11.1 Å². The predicted octanol–water partition coefficient (Wildman–Crippen LogP) is 3.22. The molecule has 0 radical (unpaired) electrons. The predicted molar refractivity (Wildman–Crippen MR) is 64.9 cm³/mol. The van der Waals surface area contributed by atoms with Gasteiger partial charge in [0.2, 0.25) is 0 Å². The quantitative estimate of drug-likeness (QED) is 0.745. The van der Waals surface area contributed by atoms with Crippen LogP contribution in [0.4, 0.5) is 0 Å². The fraction of sp³-hybridized carbons (Fsp3) is 0.571. The van der Waals surface area contributed by atoms with E-state index in [1.165, 1.54) is 24.0 Å². The van der Waals surface area contributed by atoms with Crippen molar-refractivity contribution < 1.29 is 0 Å². The highest BCUT2D eigenvalue weighted by Crippen LogP contribution is 2.44. The van der Waals surface area contributed by atoms with E-state index in [0.717, 1.165) is 5.92 Å². The molecule has 0 amide bonds. The molecule has 0 bridgehead atoms. The van der Waals surface area contributed by atoms with Crippen LogP contribution in [0.5, 0.6) is 0 Å². The molecule has 1 aromatic rings. The molecule has 2 N–H and O–H groups in total. The van der Waals surface area contributed by atoms with Crippen molar-refractivity contribution in [1.29, 1.82) is 0 Å². The van der Waals surface area contributed by atoms with Crippen molar-refractivity contribution >= 4 is 0 Å². The maximum absolute atomic E-state index is 5.66. The summed E-state index contributed by atoms with van der Waals surface area (Å²) in [6.07, 6.45) is 2.53. The Hall–Kier alpha value is -0.820. The minimum absolute atomic E-state index is 0.384. The number of hydrogen-bond donors (Lipinski definition) is 1. The van der Waals surface area contributed by atoms with Crippen LogP contribution in [0.25, 0.3) is 0 Å². The van der Waals surface area contributed by atoms with Crippen molar-refractivity contribution in [3.05, 3.63) is 34.9 Å². The average molecular weight is 203 g/mol. The van der Waals surface area contributed by atoms with Crippen molar-refractivity contribution in [2.75, 3.05) is 0 Å². The number of hydrogen-bond acceptors (Lipinski definition) is 1.